The van der Waals surface area contributed by atoms with Crippen LogP contribution >= 0.6 is 0 Å². The van der Waals surface area contributed by atoms with Gasteiger partial charge >= 0.3 is 5.97 Å². The first-order valence-electron chi connectivity index (χ1n) is 8.18. The molecule has 6 nitrogen and oxygen atoms in total. The number of aryl methyl sites for hydroxylation is 4. The zero-order valence-electron chi connectivity index (χ0n) is 15.3. The van der Waals surface area contributed by atoms with Crippen molar-refractivity contribution in [2.45, 2.75) is 27.7 Å². The molecule has 0 saturated heterocycles. The molecule has 0 radical (unpaired) electrons. The summed E-state index contributed by atoms with van der Waals surface area (Å²) in [5, 5.41) is 14.4. The van der Waals surface area contributed by atoms with Crippen LogP contribution in [-0.4, -0.2) is 29.4 Å². The summed E-state index contributed by atoms with van der Waals surface area (Å²) in [5.41, 5.74) is 4.64. The molecule has 3 N–H and O–H groups in total. The fraction of sp³-hybridized carbons (Fsp3) is 0.250. The molecule has 2 aromatic carbocycles. The molecule has 0 unspecified atom stereocenters. The molecule has 2 aromatic rings. The average molecular weight is 354 g/mol. The van der Waals surface area contributed by atoms with Crippen LogP contribution in [0.15, 0.2) is 30.3 Å². The van der Waals surface area contributed by atoms with Crippen molar-refractivity contribution in [3.63, 3.8) is 0 Å². The fourth-order valence-electron chi connectivity index (χ4n) is 2.86. The lowest BCUT2D eigenvalue weighted by Crippen LogP contribution is -2.33. The van der Waals surface area contributed by atoms with E-state index in [-0.39, 0.29) is 23.6 Å². The molecule has 26 heavy (non-hydrogen) atoms. The van der Waals surface area contributed by atoms with Gasteiger partial charge in [0.05, 0.1) is 12.1 Å². The average Bonchev–Trinajstić information content (AvgIpc) is 2.55. The van der Waals surface area contributed by atoms with Gasteiger partial charge in [0.2, 0.25) is 5.91 Å². The van der Waals surface area contributed by atoms with Crippen molar-refractivity contribution >= 4 is 23.5 Å². The predicted molar refractivity (Wildman–Crippen MR) is 99.8 cm³/mol. The maximum Gasteiger partial charge on any atom is 0.335 e. The molecular formula is C20H22N2O4. The van der Waals surface area contributed by atoms with E-state index in [1.54, 1.807) is 13.0 Å². The van der Waals surface area contributed by atoms with Gasteiger partial charge in [0.25, 0.3) is 5.91 Å². The molecule has 0 heterocycles. The SMILES string of the molecule is Cc1cc(C(=O)O)cc(C(=O)NCC(=O)Nc2c(C)cc(C)cc2C)c1. The minimum absolute atomic E-state index is 0.0329. The molecule has 2 amide bonds. The molecule has 6 heteroatoms. The molecule has 0 spiro atoms. The van der Waals surface area contributed by atoms with Crippen molar-refractivity contribution < 1.29 is 19.5 Å². The van der Waals surface area contributed by atoms with Crippen LogP contribution in [-0.2, 0) is 4.79 Å². The van der Waals surface area contributed by atoms with E-state index in [0.717, 1.165) is 22.4 Å². The summed E-state index contributed by atoms with van der Waals surface area (Å²) in [7, 11) is 0. The normalized spacial score (nSPS) is 10.3. The maximum absolute atomic E-state index is 12.2. The first-order chi connectivity index (χ1) is 12.2. The highest BCUT2D eigenvalue weighted by Gasteiger charge is 2.13. The van der Waals surface area contributed by atoms with Crippen LogP contribution in [0.4, 0.5) is 5.69 Å². The summed E-state index contributed by atoms with van der Waals surface area (Å²) in [4.78, 5) is 35.5. The fourth-order valence-corrected chi connectivity index (χ4v) is 2.86. The summed E-state index contributed by atoms with van der Waals surface area (Å²) in [6.07, 6.45) is 0. The van der Waals surface area contributed by atoms with Gasteiger partial charge in [-0.2, -0.15) is 0 Å². The smallest absolute Gasteiger partial charge is 0.335 e. The first kappa shape index (κ1) is 19.2. The first-order valence-corrected chi connectivity index (χ1v) is 8.18. The summed E-state index contributed by atoms with van der Waals surface area (Å²) in [6, 6.07) is 8.29. The zero-order valence-corrected chi connectivity index (χ0v) is 15.3. The number of rotatable bonds is 5. The Morgan fingerprint density at radius 2 is 1.38 bits per heavy atom. The van der Waals surface area contributed by atoms with Gasteiger partial charge < -0.3 is 15.7 Å². The van der Waals surface area contributed by atoms with E-state index >= 15 is 0 Å². The Morgan fingerprint density at radius 1 is 0.846 bits per heavy atom. The summed E-state index contributed by atoms with van der Waals surface area (Å²) in [5.74, 6) is -1.95. The lowest BCUT2D eigenvalue weighted by molar-refractivity contribution is -0.115. The van der Waals surface area contributed by atoms with E-state index in [1.807, 2.05) is 32.9 Å². The van der Waals surface area contributed by atoms with Gasteiger partial charge in [-0.05, 0) is 62.6 Å². The number of carbonyl (C=O) groups excluding carboxylic acids is 2. The van der Waals surface area contributed by atoms with Crippen molar-refractivity contribution in [1.29, 1.82) is 0 Å². The van der Waals surface area contributed by atoms with Crippen molar-refractivity contribution in [3.8, 4) is 0 Å². The van der Waals surface area contributed by atoms with Gasteiger partial charge in [0, 0.05) is 11.3 Å². The van der Waals surface area contributed by atoms with Gasteiger partial charge in [-0.25, -0.2) is 4.79 Å². The standard InChI is InChI=1S/C20H22N2O4/c1-11-5-13(3)18(14(4)6-11)22-17(23)10-21-19(24)15-7-12(2)8-16(9-15)20(25)26/h5-9H,10H2,1-4H3,(H,21,24)(H,22,23)(H,25,26). The Bertz CT molecular complexity index is 864. The molecular weight excluding hydrogens is 332 g/mol. The van der Waals surface area contributed by atoms with Crippen LogP contribution in [0.1, 0.15) is 43.0 Å². The van der Waals surface area contributed by atoms with Gasteiger partial charge in [-0.1, -0.05) is 17.7 Å². The predicted octanol–water partition coefficient (Wildman–Crippen LogP) is 2.99. The molecule has 0 aliphatic heterocycles. The van der Waals surface area contributed by atoms with Crippen LogP contribution in [0, 0.1) is 27.7 Å². The molecule has 0 atom stereocenters. The summed E-state index contributed by atoms with van der Waals surface area (Å²) in [6.45, 7) is 7.31. The van der Waals surface area contributed by atoms with Gasteiger partial charge in [-0.15, -0.1) is 0 Å². The minimum atomic E-state index is -1.11. The molecule has 136 valence electrons. The second-order valence-corrected chi connectivity index (χ2v) is 6.40. The van der Waals surface area contributed by atoms with E-state index in [4.69, 9.17) is 5.11 Å². The Kier molecular flexibility index (Phi) is 5.77. The topological polar surface area (TPSA) is 95.5 Å². The number of aromatic carboxylic acids is 1. The van der Waals surface area contributed by atoms with Gasteiger partial charge in [0.1, 0.15) is 0 Å². The molecule has 0 bridgehead atoms. The van der Waals surface area contributed by atoms with Crippen molar-refractivity contribution in [3.05, 3.63) is 63.7 Å². The second kappa shape index (κ2) is 7.82. The number of carbonyl (C=O) groups is 3. The van der Waals surface area contributed by atoms with Gasteiger partial charge in [-0.3, -0.25) is 9.59 Å². The molecule has 0 saturated carbocycles. The van der Waals surface area contributed by atoms with Crippen LogP contribution in [0.2, 0.25) is 0 Å². The van der Waals surface area contributed by atoms with E-state index in [1.165, 1.54) is 12.1 Å². The lowest BCUT2D eigenvalue weighted by atomic mass is 10.1. The highest BCUT2D eigenvalue weighted by Crippen LogP contribution is 2.21. The Balaban J connectivity index is 2.04. The molecule has 2 rings (SSSR count). The van der Waals surface area contributed by atoms with Crippen molar-refractivity contribution in [2.24, 2.45) is 0 Å². The van der Waals surface area contributed by atoms with Crippen molar-refractivity contribution in [1.82, 2.24) is 5.32 Å². The third kappa shape index (κ3) is 4.69. The maximum atomic E-state index is 12.2. The number of nitrogens with one attached hydrogen (secondary N) is 2. The Hall–Kier alpha value is -3.15. The number of anilines is 1. The number of amides is 2. The molecule has 0 fully saturated rings. The Labute approximate surface area is 152 Å². The van der Waals surface area contributed by atoms with Crippen LogP contribution in [0.25, 0.3) is 0 Å². The number of hydrogen-bond acceptors (Lipinski definition) is 3. The quantitative estimate of drug-likeness (QED) is 0.769. The Morgan fingerprint density at radius 3 is 1.96 bits per heavy atom. The number of carboxylic acids is 1. The molecule has 0 aromatic heterocycles. The largest absolute Gasteiger partial charge is 0.478 e. The van der Waals surface area contributed by atoms with Crippen LogP contribution in [0.5, 0.6) is 0 Å². The van der Waals surface area contributed by atoms with E-state index in [0.29, 0.717) is 5.56 Å². The zero-order chi connectivity index (χ0) is 19.4. The highest BCUT2D eigenvalue weighted by atomic mass is 16.4. The minimum Gasteiger partial charge on any atom is -0.478 e. The summed E-state index contributed by atoms with van der Waals surface area (Å²) >= 11 is 0. The third-order valence-electron chi connectivity index (χ3n) is 3.94. The molecule has 0 aliphatic carbocycles. The number of hydrogen-bond donors (Lipinski definition) is 3. The lowest BCUT2D eigenvalue weighted by Gasteiger charge is -2.13. The van der Waals surface area contributed by atoms with E-state index < -0.39 is 11.9 Å². The van der Waals surface area contributed by atoms with E-state index in [2.05, 4.69) is 10.6 Å². The summed E-state index contributed by atoms with van der Waals surface area (Å²) < 4.78 is 0. The van der Waals surface area contributed by atoms with Crippen LogP contribution in [0.3, 0.4) is 0 Å². The monoisotopic (exact) mass is 354 g/mol. The van der Waals surface area contributed by atoms with Crippen molar-refractivity contribution in [2.75, 3.05) is 11.9 Å². The van der Waals surface area contributed by atoms with Crippen LogP contribution < -0.4 is 10.6 Å². The number of benzene rings is 2. The second-order valence-electron chi connectivity index (χ2n) is 6.40. The molecule has 0 aliphatic rings. The van der Waals surface area contributed by atoms with E-state index in [9.17, 15) is 14.4 Å². The third-order valence-corrected chi connectivity index (χ3v) is 3.94. The highest BCUT2D eigenvalue weighted by molar-refractivity contribution is 6.01. The van der Waals surface area contributed by atoms with Gasteiger partial charge in [0.15, 0.2) is 0 Å². The number of carboxylic acid groups (broad SMARTS) is 1.